The number of carbonyl (C=O) groups excluding carboxylic acids is 2. The molecule has 0 spiro atoms. The second-order valence-corrected chi connectivity index (χ2v) is 9.45. The van der Waals surface area contributed by atoms with Gasteiger partial charge in [0.25, 0.3) is 5.78 Å². The van der Waals surface area contributed by atoms with E-state index in [0.29, 0.717) is 33.2 Å². The summed E-state index contributed by atoms with van der Waals surface area (Å²) in [6.45, 7) is 7.93. The molecule has 4 aromatic rings. The number of amides is 1. The Morgan fingerprint density at radius 3 is 2.62 bits per heavy atom. The second kappa shape index (κ2) is 10.3. The molecule has 9 nitrogen and oxygen atoms in total. The van der Waals surface area contributed by atoms with Crippen LogP contribution in [0.4, 0.5) is 5.13 Å². The molecule has 0 aliphatic carbocycles. The first-order valence-electron chi connectivity index (χ1n) is 10.7. The summed E-state index contributed by atoms with van der Waals surface area (Å²) in [5.74, 6) is 0.00742. The third-order valence-corrected chi connectivity index (χ3v) is 6.87. The molecule has 1 amide bonds. The lowest BCUT2D eigenvalue weighted by atomic mass is 10.2. The first-order chi connectivity index (χ1) is 16.4. The van der Waals surface area contributed by atoms with Crippen LogP contribution in [-0.2, 0) is 16.1 Å². The van der Waals surface area contributed by atoms with Crippen molar-refractivity contribution in [2.24, 2.45) is 0 Å². The fourth-order valence-electron chi connectivity index (χ4n) is 3.33. The Balaban J connectivity index is 1.57. The summed E-state index contributed by atoms with van der Waals surface area (Å²) < 4.78 is 6.80. The zero-order chi connectivity index (χ0) is 24.2. The predicted molar refractivity (Wildman–Crippen MR) is 131 cm³/mol. The number of fused-ring (bicyclic) bond motifs is 1. The van der Waals surface area contributed by atoms with E-state index < -0.39 is 5.97 Å². The standard InChI is InChI=1S/C23H24N6O3S2/c1-5-32-20(31)19-16(4)25-23(34-19)28(12-17-9-7-6-8-10-17)18(30)13-33-22-26-21-24-14(2)11-15(3)29(21)27-22/h6-11H,5,12-13H2,1-4H3. The van der Waals surface area contributed by atoms with Crippen molar-refractivity contribution in [1.82, 2.24) is 24.6 Å². The SMILES string of the molecule is CCOC(=O)c1sc(N(Cc2ccccc2)C(=O)CSc2nc3nc(C)cc(C)n3n2)nc1C. The summed E-state index contributed by atoms with van der Waals surface area (Å²) in [6.07, 6.45) is 0. The third kappa shape index (κ3) is 5.26. The molecule has 34 heavy (non-hydrogen) atoms. The van der Waals surface area contributed by atoms with Crippen LogP contribution in [-0.4, -0.2) is 48.8 Å². The summed E-state index contributed by atoms with van der Waals surface area (Å²) in [5.41, 5.74) is 3.27. The lowest BCUT2D eigenvalue weighted by molar-refractivity contribution is -0.116. The number of carbonyl (C=O) groups is 2. The molecule has 3 heterocycles. The van der Waals surface area contributed by atoms with Crippen LogP contribution in [0.2, 0.25) is 0 Å². The average molecular weight is 497 g/mol. The summed E-state index contributed by atoms with van der Waals surface area (Å²) in [5, 5.41) is 5.38. The quantitative estimate of drug-likeness (QED) is 0.266. The highest BCUT2D eigenvalue weighted by Crippen LogP contribution is 2.29. The summed E-state index contributed by atoms with van der Waals surface area (Å²) in [6, 6.07) is 11.6. The second-order valence-electron chi connectivity index (χ2n) is 7.53. The van der Waals surface area contributed by atoms with Crippen molar-refractivity contribution in [3.63, 3.8) is 0 Å². The molecular weight excluding hydrogens is 472 g/mol. The van der Waals surface area contributed by atoms with Crippen LogP contribution in [0.25, 0.3) is 5.78 Å². The number of nitrogens with zero attached hydrogens (tertiary/aromatic N) is 6. The number of aryl methyl sites for hydroxylation is 3. The van der Waals surface area contributed by atoms with Gasteiger partial charge in [0.05, 0.1) is 24.6 Å². The average Bonchev–Trinajstić information content (AvgIpc) is 3.40. The van der Waals surface area contributed by atoms with Crippen molar-refractivity contribution in [1.29, 1.82) is 0 Å². The highest BCUT2D eigenvalue weighted by Gasteiger charge is 2.25. The predicted octanol–water partition coefficient (Wildman–Crippen LogP) is 4.01. The number of rotatable bonds is 8. The minimum atomic E-state index is -0.433. The largest absolute Gasteiger partial charge is 0.462 e. The highest BCUT2D eigenvalue weighted by molar-refractivity contribution is 7.99. The fourth-order valence-corrected chi connectivity index (χ4v) is 5.00. The van der Waals surface area contributed by atoms with Crippen molar-refractivity contribution < 1.29 is 14.3 Å². The minimum Gasteiger partial charge on any atom is -0.462 e. The molecule has 0 atom stereocenters. The molecule has 1 aromatic carbocycles. The summed E-state index contributed by atoms with van der Waals surface area (Å²) >= 11 is 2.40. The Morgan fingerprint density at radius 1 is 1.12 bits per heavy atom. The van der Waals surface area contributed by atoms with Gasteiger partial charge in [-0.1, -0.05) is 53.4 Å². The van der Waals surface area contributed by atoms with Crippen LogP contribution in [0, 0.1) is 20.8 Å². The molecule has 0 saturated heterocycles. The first kappa shape index (κ1) is 23.8. The number of aromatic nitrogens is 5. The lowest BCUT2D eigenvalue weighted by Crippen LogP contribution is -2.31. The van der Waals surface area contributed by atoms with E-state index >= 15 is 0 Å². The van der Waals surface area contributed by atoms with E-state index in [0.717, 1.165) is 28.3 Å². The maximum atomic E-state index is 13.4. The molecule has 0 aliphatic rings. The van der Waals surface area contributed by atoms with Crippen LogP contribution in [0.1, 0.15) is 39.2 Å². The Hall–Kier alpha value is -3.31. The van der Waals surface area contributed by atoms with Crippen LogP contribution in [0.15, 0.2) is 41.6 Å². The van der Waals surface area contributed by atoms with Crippen molar-refractivity contribution >= 4 is 45.9 Å². The van der Waals surface area contributed by atoms with Gasteiger partial charge in [0, 0.05) is 11.4 Å². The number of thioether (sulfide) groups is 1. The monoisotopic (exact) mass is 496 g/mol. The molecule has 0 saturated carbocycles. The number of anilines is 1. The van der Waals surface area contributed by atoms with Crippen LogP contribution >= 0.6 is 23.1 Å². The van der Waals surface area contributed by atoms with Gasteiger partial charge < -0.3 is 4.74 Å². The van der Waals surface area contributed by atoms with Gasteiger partial charge in [0.1, 0.15) is 4.88 Å². The van der Waals surface area contributed by atoms with Crippen LogP contribution in [0.5, 0.6) is 0 Å². The molecule has 0 unspecified atom stereocenters. The maximum absolute atomic E-state index is 13.4. The van der Waals surface area contributed by atoms with Crippen molar-refractivity contribution in [3.05, 3.63) is 63.9 Å². The number of thiazole rings is 1. The molecule has 0 N–H and O–H groups in total. The van der Waals surface area contributed by atoms with Crippen molar-refractivity contribution in [2.75, 3.05) is 17.3 Å². The van der Waals surface area contributed by atoms with Crippen molar-refractivity contribution in [3.8, 4) is 0 Å². The first-order valence-corrected chi connectivity index (χ1v) is 12.5. The van der Waals surface area contributed by atoms with Crippen LogP contribution in [0.3, 0.4) is 0 Å². The Bertz CT molecular complexity index is 1340. The van der Waals surface area contributed by atoms with E-state index in [4.69, 9.17) is 4.74 Å². The number of hydrogen-bond acceptors (Lipinski definition) is 9. The number of hydrogen-bond donors (Lipinski definition) is 0. The van der Waals surface area contributed by atoms with E-state index in [2.05, 4.69) is 20.1 Å². The van der Waals surface area contributed by atoms with E-state index in [1.54, 1.807) is 23.3 Å². The van der Waals surface area contributed by atoms with E-state index in [1.807, 2.05) is 50.2 Å². The molecule has 11 heteroatoms. The topological polar surface area (TPSA) is 103 Å². The molecule has 0 radical (unpaired) electrons. The number of ether oxygens (including phenoxy) is 1. The highest BCUT2D eigenvalue weighted by atomic mass is 32.2. The summed E-state index contributed by atoms with van der Waals surface area (Å²) in [4.78, 5) is 41.0. The summed E-state index contributed by atoms with van der Waals surface area (Å²) in [7, 11) is 0. The van der Waals surface area contributed by atoms with E-state index in [9.17, 15) is 9.59 Å². The maximum Gasteiger partial charge on any atom is 0.350 e. The van der Waals surface area contributed by atoms with Gasteiger partial charge in [-0.15, -0.1) is 5.10 Å². The van der Waals surface area contributed by atoms with Gasteiger partial charge in [-0.2, -0.15) is 4.98 Å². The van der Waals surface area contributed by atoms with E-state index in [1.165, 1.54) is 11.8 Å². The zero-order valence-corrected chi connectivity index (χ0v) is 20.9. The van der Waals surface area contributed by atoms with Crippen molar-refractivity contribution in [2.45, 2.75) is 39.4 Å². The Labute approximate surface area is 205 Å². The normalized spacial score (nSPS) is 11.1. The smallest absolute Gasteiger partial charge is 0.350 e. The van der Waals surface area contributed by atoms with Gasteiger partial charge >= 0.3 is 5.97 Å². The van der Waals surface area contributed by atoms with E-state index in [-0.39, 0.29) is 18.3 Å². The fraction of sp³-hybridized carbons (Fsp3) is 0.304. The Kier molecular flexibility index (Phi) is 7.23. The molecule has 4 rings (SSSR count). The van der Waals surface area contributed by atoms with Gasteiger partial charge in [-0.05, 0) is 39.3 Å². The third-order valence-electron chi connectivity index (χ3n) is 4.89. The number of benzene rings is 1. The molecular formula is C23H24N6O3S2. The number of esters is 1. The van der Waals surface area contributed by atoms with Gasteiger partial charge in [0.2, 0.25) is 11.1 Å². The Morgan fingerprint density at radius 2 is 1.88 bits per heavy atom. The van der Waals surface area contributed by atoms with Gasteiger partial charge in [-0.25, -0.2) is 19.3 Å². The van der Waals surface area contributed by atoms with Crippen LogP contribution < -0.4 is 4.90 Å². The zero-order valence-electron chi connectivity index (χ0n) is 19.3. The molecule has 0 bridgehead atoms. The molecule has 0 aliphatic heterocycles. The lowest BCUT2D eigenvalue weighted by Gasteiger charge is -2.19. The molecule has 176 valence electrons. The van der Waals surface area contributed by atoms with Gasteiger partial charge in [-0.3, -0.25) is 9.69 Å². The minimum absolute atomic E-state index is 0.106. The molecule has 0 fully saturated rings. The van der Waals surface area contributed by atoms with Gasteiger partial charge in [0.15, 0.2) is 5.13 Å². The molecule has 3 aromatic heterocycles.